The van der Waals surface area contributed by atoms with E-state index < -0.39 is 0 Å². The molecule has 0 unspecified atom stereocenters. The van der Waals surface area contributed by atoms with Crippen molar-refractivity contribution in [1.82, 2.24) is 9.97 Å². The van der Waals surface area contributed by atoms with E-state index in [4.69, 9.17) is 9.47 Å². The summed E-state index contributed by atoms with van der Waals surface area (Å²) >= 11 is 0. The molecule has 0 saturated heterocycles. The highest BCUT2D eigenvalue weighted by molar-refractivity contribution is 5.85. The van der Waals surface area contributed by atoms with Crippen LogP contribution in [0.2, 0.25) is 0 Å². The molecule has 0 radical (unpaired) electrons. The third kappa shape index (κ3) is 4.57. The fourth-order valence-electron chi connectivity index (χ4n) is 1.95. The van der Waals surface area contributed by atoms with E-state index in [2.05, 4.69) is 20.5 Å². The van der Waals surface area contributed by atoms with Gasteiger partial charge < -0.3 is 9.47 Å². The maximum Gasteiger partial charge on any atom is 0.252 e. The number of aromatic amines is 1. The summed E-state index contributed by atoms with van der Waals surface area (Å²) in [5.41, 5.74) is 3.84. The molecule has 1 heterocycles. The SMILES string of the molecule is CCCOc1c(/C=N\Nc2nc(C)cc(=O)[nH]2)cccc1OC. The second kappa shape index (κ2) is 7.98. The summed E-state index contributed by atoms with van der Waals surface area (Å²) in [6.07, 6.45) is 2.48. The molecule has 0 saturated carbocycles. The lowest BCUT2D eigenvalue weighted by Crippen LogP contribution is -2.10. The molecule has 23 heavy (non-hydrogen) atoms. The van der Waals surface area contributed by atoms with Crippen LogP contribution in [0.1, 0.15) is 24.6 Å². The molecule has 0 aliphatic rings. The average Bonchev–Trinajstić information content (AvgIpc) is 2.52. The Morgan fingerprint density at radius 3 is 2.96 bits per heavy atom. The number of methoxy groups -OCH3 is 1. The van der Waals surface area contributed by atoms with Crippen molar-refractivity contribution in [1.29, 1.82) is 0 Å². The van der Waals surface area contributed by atoms with Gasteiger partial charge in [0.25, 0.3) is 5.56 Å². The molecule has 0 bridgehead atoms. The standard InChI is InChI=1S/C16H20N4O3/c1-4-8-23-15-12(6-5-7-13(15)22-3)10-17-20-16-18-11(2)9-14(21)19-16/h5-7,9-10H,4,8H2,1-3H3,(H2,18,19,20,21)/b17-10-. The zero-order chi connectivity index (χ0) is 16.7. The largest absolute Gasteiger partial charge is 0.493 e. The first kappa shape index (κ1) is 16.5. The van der Waals surface area contributed by atoms with Crippen LogP contribution < -0.4 is 20.5 Å². The van der Waals surface area contributed by atoms with Crippen LogP contribution in [0.4, 0.5) is 5.95 Å². The Morgan fingerprint density at radius 2 is 2.26 bits per heavy atom. The summed E-state index contributed by atoms with van der Waals surface area (Å²) in [5, 5.41) is 4.10. The average molecular weight is 316 g/mol. The normalized spacial score (nSPS) is 10.7. The topological polar surface area (TPSA) is 88.6 Å². The van der Waals surface area contributed by atoms with Crippen molar-refractivity contribution in [3.05, 3.63) is 45.9 Å². The second-order valence-electron chi connectivity index (χ2n) is 4.83. The van der Waals surface area contributed by atoms with Crippen LogP contribution >= 0.6 is 0 Å². The van der Waals surface area contributed by atoms with Crippen LogP contribution in [0.25, 0.3) is 0 Å². The number of hydrogen-bond acceptors (Lipinski definition) is 6. The maximum absolute atomic E-state index is 11.4. The van der Waals surface area contributed by atoms with E-state index in [9.17, 15) is 4.79 Å². The molecule has 0 aliphatic carbocycles. The van der Waals surface area contributed by atoms with Crippen LogP contribution in [-0.4, -0.2) is 29.9 Å². The van der Waals surface area contributed by atoms with E-state index in [0.29, 0.717) is 23.8 Å². The first-order valence-corrected chi connectivity index (χ1v) is 7.31. The van der Waals surface area contributed by atoms with E-state index in [1.54, 1.807) is 20.2 Å². The number of ether oxygens (including phenoxy) is 2. The molecule has 1 aromatic heterocycles. The highest BCUT2D eigenvalue weighted by Crippen LogP contribution is 2.30. The van der Waals surface area contributed by atoms with Crippen molar-refractivity contribution >= 4 is 12.2 Å². The van der Waals surface area contributed by atoms with Crippen molar-refractivity contribution in [3.8, 4) is 11.5 Å². The zero-order valence-electron chi connectivity index (χ0n) is 13.4. The van der Waals surface area contributed by atoms with Gasteiger partial charge in [0.1, 0.15) is 0 Å². The van der Waals surface area contributed by atoms with Crippen LogP contribution in [0.5, 0.6) is 11.5 Å². The van der Waals surface area contributed by atoms with Crippen LogP contribution in [0.15, 0.2) is 34.2 Å². The summed E-state index contributed by atoms with van der Waals surface area (Å²) in [7, 11) is 1.59. The molecular weight excluding hydrogens is 296 g/mol. The Bertz CT molecular complexity index is 740. The Kier molecular flexibility index (Phi) is 5.74. The van der Waals surface area contributed by atoms with Crippen LogP contribution in [0.3, 0.4) is 0 Å². The molecule has 7 heteroatoms. The molecule has 2 aromatic rings. The number of benzene rings is 1. The summed E-state index contributed by atoms with van der Waals surface area (Å²) in [6, 6.07) is 6.96. The number of aryl methyl sites for hydroxylation is 1. The third-order valence-corrected chi connectivity index (χ3v) is 2.92. The molecule has 0 fully saturated rings. The number of hydrogen-bond donors (Lipinski definition) is 2. The lowest BCUT2D eigenvalue weighted by molar-refractivity contribution is 0.294. The van der Waals surface area contributed by atoms with Crippen LogP contribution in [-0.2, 0) is 0 Å². The van der Waals surface area contributed by atoms with E-state index in [-0.39, 0.29) is 11.5 Å². The van der Waals surface area contributed by atoms with Crippen molar-refractivity contribution in [3.63, 3.8) is 0 Å². The summed E-state index contributed by atoms with van der Waals surface area (Å²) in [5.74, 6) is 1.56. The fraction of sp³-hybridized carbons (Fsp3) is 0.312. The smallest absolute Gasteiger partial charge is 0.252 e. The predicted octanol–water partition coefficient (Wildman–Crippen LogP) is 2.32. The third-order valence-electron chi connectivity index (χ3n) is 2.92. The first-order chi connectivity index (χ1) is 11.1. The fourth-order valence-corrected chi connectivity index (χ4v) is 1.95. The molecule has 0 atom stereocenters. The number of anilines is 1. The molecular formula is C16H20N4O3. The van der Waals surface area contributed by atoms with Gasteiger partial charge in [-0.3, -0.25) is 9.78 Å². The van der Waals surface area contributed by atoms with Gasteiger partial charge in [-0.1, -0.05) is 13.0 Å². The van der Waals surface area contributed by atoms with Gasteiger partial charge in [-0.15, -0.1) is 0 Å². The van der Waals surface area contributed by atoms with Gasteiger partial charge in [-0.05, 0) is 25.5 Å². The van der Waals surface area contributed by atoms with Gasteiger partial charge in [0.05, 0.1) is 19.9 Å². The summed E-state index contributed by atoms with van der Waals surface area (Å²) in [6.45, 7) is 4.36. The number of aromatic nitrogens is 2. The van der Waals surface area contributed by atoms with E-state index in [0.717, 1.165) is 12.0 Å². The van der Waals surface area contributed by atoms with E-state index >= 15 is 0 Å². The first-order valence-electron chi connectivity index (χ1n) is 7.31. The monoisotopic (exact) mass is 316 g/mol. The quantitative estimate of drug-likeness (QED) is 0.604. The Hall–Kier alpha value is -2.83. The van der Waals surface area contributed by atoms with Gasteiger partial charge >= 0.3 is 0 Å². The van der Waals surface area contributed by atoms with E-state index in [1.807, 2.05) is 25.1 Å². The maximum atomic E-state index is 11.4. The Morgan fingerprint density at radius 1 is 1.43 bits per heavy atom. The second-order valence-corrected chi connectivity index (χ2v) is 4.83. The minimum absolute atomic E-state index is 0.233. The van der Waals surface area contributed by atoms with Crippen molar-refractivity contribution < 1.29 is 9.47 Å². The predicted molar refractivity (Wildman–Crippen MR) is 89.6 cm³/mol. The minimum Gasteiger partial charge on any atom is -0.493 e. The van der Waals surface area contributed by atoms with Gasteiger partial charge in [-0.2, -0.15) is 5.10 Å². The lowest BCUT2D eigenvalue weighted by Gasteiger charge is -2.12. The summed E-state index contributed by atoms with van der Waals surface area (Å²) in [4.78, 5) is 18.1. The van der Waals surface area contributed by atoms with Crippen LogP contribution in [0, 0.1) is 6.92 Å². The Labute approximate surface area is 134 Å². The number of nitrogens with one attached hydrogen (secondary N) is 2. The minimum atomic E-state index is -0.233. The Balaban J connectivity index is 2.19. The highest BCUT2D eigenvalue weighted by atomic mass is 16.5. The lowest BCUT2D eigenvalue weighted by atomic mass is 10.2. The number of rotatable bonds is 7. The summed E-state index contributed by atoms with van der Waals surface area (Å²) < 4.78 is 11.0. The molecule has 0 spiro atoms. The van der Waals surface area contributed by atoms with Gasteiger partial charge in [0.15, 0.2) is 11.5 Å². The highest BCUT2D eigenvalue weighted by Gasteiger charge is 2.08. The number of H-pyrrole nitrogens is 1. The van der Waals surface area contributed by atoms with E-state index in [1.165, 1.54) is 6.07 Å². The molecule has 0 amide bonds. The van der Waals surface area contributed by atoms with Crippen molar-refractivity contribution in [2.24, 2.45) is 5.10 Å². The van der Waals surface area contributed by atoms with Gasteiger partial charge in [0.2, 0.25) is 5.95 Å². The molecule has 1 aromatic carbocycles. The number of hydrazone groups is 1. The molecule has 7 nitrogen and oxygen atoms in total. The van der Waals surface area contributed by atoms with Crippen molar-refractivity contribution in [2.75, 3.05) is 19.1 Å². The number of para-hydroxylation sites is 1. The van der Waals surface area contributed by atoms with Crippen molar-refractivity contribution in [2.45, 2.75) is 20.3 Å². The van der Waals surface area contributed by atoms with Gasteiger partial charge in [-0.25, -0.2) is 10.4 Å². The number of nitrogens with zero attached hydrogens (tertiary/aromatic N) is 2. The molecule has 0 aliphatic heterocycles. The zero-order valence-corrected chi connectivity index (χ0v) is 13.4. The van der Waals surface area contributed by atoms with Gasteiger partial charge in [0, 0.05) is 17.3 Å². The molecule has 122 valence electrons. The molecule has 2 rings (SSSR count). The molecule has 2 N–H and O–H groups in total.